The molecule has 0 aliphatic rings. The molecule has 0 amide bonds. The number of nitrogens with one attached hydrogen (secondary N) is 1. The number of halogens is 1. The molecule has 0 saturated heterocycles. The average molecular weight is 328 g/mol. The molecule has 1 heterocycles. The van der Waals surface area contributed by atoms with E-state index >= 15 is 0 Å². The molecule has 0 spiro atoms. The Labute approximate surface area is 138 Å². The minimum Gasteiger partial charge on any atom is -0.465 e. The molecule has 6 heteroatoms. The number of aliphatic hydroxyl groups is 1. The lowest BCUT2D eigenvalue weighted by atomic mass is 9.87. The van der Waals surface area contributed by atoms with Crippen molar-refractivity contribution < 1.29 is 19.0 Å². The molecule has 1 aromatic heterocycles. The number of nitrogens with zero attached hydrogens (tertiary/aromatic N) is 1. The zero-order chi connectivity index (χ0) is 17.5. The molecular weight excluding hydrogens is 311 g/mol. The Morgan fingerprint density at radius 3 is 2.71 bits per heavy atom. The van der Waals surface area contributed by atoms with Crippen LogP contribution in [0.25, 0.3) is 22.2 Å². The number of benzene rings is 2. The normalized spacial score (nSPS) is 11.7. The highest BCUT2D eigenvalue weighted by Gasteiger charge is 2.27. The number of esters is 1. The van der Waals surface area contributed by atoms with Crippen LogP contribution in [0.3, 0.4) is 0 Å². The van der Waals surface area contributed by atoms with Gasteiger partial charge in [0.1, 0.15) is 5.82 Å². The van der Waals surface area contributed by atoms with Gasteiger partial charge in [-0.25, -0.2) is 14.2 Å². The van der Waals surface area contributed by atoms with Gasteiger partial charge in [0.2, 0.25) is 0 Å². The van der Waals surface area contributed by atoms with Crippen LogP contribution in [0.4, 0.5) is 4.39 Å². The van der Waals surface area contributed by atoms with Gasteiger partial charge in [-0.05, 0) is 49.2 Å². The van der Waals surface area contributed by atoms with E-state index in [4.69, 9.17) is 0 Å². The summed E-state index contributed by atoms with van der Waals surface area (Å²) in [5.74, 6) is -1.30. The molecule has 0 atom stereocenters. The largest absolute Gasteiger partial charge is 0.465 e. The summed E-state index contributed by atoms with van der Waals surface area (Å²) in [6.07, 6.45) is 1.57. The second-order valence-corrected chi connectivity index (χ2v) is 6.07. The van der Waals surface area contributed by atoms with Crippen molar-refractivity contribution in [1.29, 1.82) is 0 Å². The van der Waals surface area contributed by atoms with Crippen molar-refractivity contribution in [2.24, 2.45) is 0 Å². The zero-order valence-corrected chi connectivity index (χ0v) is 13.6. The Balaban J connectivity index is 2.30. The minimum atomic E-state index is -1.42. The predicted octanol–water partition coefficient (Wildman–Crippen LogP) is 3.38. The number of aromatic nitrogens is 2. The molecule has 0 aliphatic carbocycles. The number of carbonyl (C=O) groups excluding carboxylic acids is 1. The molecule has 24 heavy (non-hydrogen) atoms. The van der Waals surface area contributed by atoms with Crippen LogP contribution in [-0.2, 0) is 10.3 Å². The van der Waals surface area contributed by atoms with E-state index in [1.807, 2.05) is 0 Å². The first kappa shape index (κ1) is 16.1. The molecule has 0 aliphatic heterocycles. The van der Waals surface area contributed by atoms with Gasteiger partial charge in [0.05, 0.1) is 35.6 Å². The second-order valence-electron chi connectivity index (χ2n) is 6.07. The maximum Gasteiger partial charge on any atom is 0.337 e. The monoisotopic (exact) mass is 328 g/mol. The summed E-state index contributed by atoms with van der Waals surface area (Å²) in [6, 6.07) is 7.97. The number of imidazole rings is 1. The Hall–Kier alpha value is -2.73. The summed E-state index contributed by atoms with van der Waals surface area (Å²) in [4.78, 5) is 19.0. The zero-order valence-electron chi connectivity index (χ0n) is 13.6. The first-order valence-electron chi connectivity index (χ1n) is 7.39. The summed E-state index contributed by atoms with van der Waals surface area (Å²) < 4.78 is 19.3. The number of carbonyl (C=O) groups is 1. The number of hydrogen-bond donors (Lipinski definition) is 2. The molecule has 2 N–H and O–H groups in total. The summed E-state index contributed by atoms with van der Waals surface area (Å²) in [5, 5.41) is 10.4. The van der Waals surface area contributed by atoms with Gasteiger partial charge >= 0.3 is 5.97 Å². The third-order valence-electron chi connectivity index (χ3n) is 3.85. The van der Waals surface area contributed by atoms with Crippen molar-refractivity contribution in [2.45, 2.75) is 19.4 Å². The first-order chi connectivity index (χ1) is 11.3. The molecular formula is C18H17FN2O3. The lowest BCUT2D eigenvalue weighted by Crippen LogP contribution is -2.20. The van der Waals surface area contributed by atoms with Gasteiger partial charge in [0.25, 0.3) is 0 Å². The van der Waals surface area contributed by atoms with Crippen LogP contribution in [0.5, 0.6) is 0 Å². The van der Waals surface area contributed by atoms with Gasteiger partial charge in [-0.15, -0.1) is 0 Å². The van der Waals surface area contributed by atoms with Crippen LogP contribution in [-0.4, -0.2) is 28.2 Å². The maximum atomic E-state index is 14.7. The number of fused-ring (bicyclic) bond motifs is 1. The van der Waals surface area contributed by atoms with Gasteiger partial charge in [0.15, 0.2) is 0 Å². The van der Waals surface area contributed by atoms with Crippen LogP contribution < -0.4 is 0 Å². The second kappa shape index (κ2) is 5.72. The lowest BCUT2D eigenvalue weighted by Gasteiger charge is -2.23. The molecule has 2 aromatic carbocycles. The minimum absolute atomic E-state index is 0.0858. The Morgan fingerprint density at radius 2 is 2.04 bits per heavy atom. The summed E-state index contributed by atoms with van der Waals surface area (Å²) in [7, 11) is 1.24. The van der Waals surface area contributed by atoms with Crippen LogP contribution in [0.1, 0.15) is 29.8 Å². The average Bonchev–Trinajstić information content (AvgIpc) is 2.99. The Bertz CT molecular complexity index is 926. The van der Waals surface area contributed by atoms with E-state index in [0.29, 0.717) is 11.1 Å². The number of ether oxygens (including phenoxy) is 1. The summed E-state index contributed by atoms with van der Waals surface area (Å²) >= 11 is 0. The fraction of sp³-hybridized carbons (Fsp3) is 0.222. The van der Waals surface area contributed by atoms with Gasteiger partial charge in [-0.1, -0.05) is 6.07 Å². The number of hydrogen-bond acceptors (Lipinski definition) is 4. The van der Waals surface area contributed by atoms with Crippen LogP contribution in [0.2, 0.25) is 0 Å². The van der Waals surface area contributed by atoms with Crippen molar-refractivity contribution in [3.05, 3.63) is 53.6 Å². The van der Waals surface area contributed by atoms with E-state index in [9.17, 15) is 14.3 Å². The maximum absolute atomic E-state index is 14.7. The van der Waals surface area contributed by atoms with Crippen LogP contribution in [0, 0.1) is 5.82 Å². The third-order valence-corrected chi connectivity index (χ3v) is 3.85. The van der Waals surface area contributed by atoms with E-state index in [-0.39, 0.29) is 11.1 Å². The Morgan fingerprint density at radius 1 is 1.29 bits per heavy atom. The molecule has 0 radical (unpaired) electrons. The third kappa shape index (κ3) is 2.76. The van der Waals surface area contributed by atoms with E-state index < -0.39 is 17.4 Å². The van der Waals surface area contributed by atoms with Crippen molar-refractivity contribution in [2.75, 3.05) is 7.11 Å². The predicted molar refractivity (Wildman–Crippen MR) is 88.1 cm³/mol. The topological polar surface area (TPSA) is 75.2 Å². The molecule has 3 aromatic rings. The van der Waals surface area contributed by atoms with Crippen LogP contribution in [0.15, 0.2) is 36.7 Å². The van der Waals surface area contributed by atoms with E-state index in [0.717, 1.165) is 17.1 Å². The fourth-order valence-corrected chi connectivity index (χ4v) is 2.79. The summed E-state index contributed by atoms with van der Waals surface area (Å²) in [5.41, 5.74) is 1.42. The standard InChI is InChI=1S/C18H17FN2O3/c1-18(2,23)16-12(6-11(7-13(16)19)17(22)24-3)10-4-5-14-15(8-10)21-9-20-14/h4-9,23H,1-3H3,(H,20,21). The van der Waals surface area contributed by atoms with E-state index in [2.05, 4.69) is 14.7 Å². The molecule has 0 fully saturated rings. The molecule has 5 nitrogen and oxygen atoms in total. The summed E-state index contributed by atoms with van der Waals surface area (Å²) in [6.45, 7) is 3.00. The van der Waals surface area contributed by atoms with Crippen molar-refractivity contribution in [3.63, 3.8) is 0 Å². The molecule has 0 bridgehead atoms. The first-order valence-corrected chi connectivity index (χ1v) is 7.39. The highest BCUT2D eigenvalue weighted by atomic mass is 19.1. The fourth-order valence-electron chi connectivity index (χ4n) is 2.79. The number of methoxy groups -OCH3 is 1. The van der Waals surface area contributed by atoms with E-state index in [1.54, 1.807) is 24.5 Å². The SMILES string of the molecule is COC(=O)c1cc(F)c(C(C)(C)O)c(-c2ccc3nc[nH]c3c2)c1. The Kier molecular flexibility index (Phi) is 3.85. The van der Waals surface area contributed by atoms with Gasteiger partial charge in [-0.3, -0.25) is 0 Å². The van der Waals surface area contributed by atoms with Crippen LogP contribution >= 0.6 is 0 Å². The van der Waals surface area contributed by atoms with Crippen molar-refractivity contribution in [1.82, 2.24) is 9.97 Å². The number of rotatable bonds is 3. The highest BCUT2D eigenvalue weighted by Crippen LogP contribution is 2.35. The van der Waals surface area contributed by atoms with Crippen molar-refractivity contribution >= 4 is 17.0 Å². The molecule has 3 rings (SSSR count). The van der Waals surface area contributed by atoms with Gasteiger partial charge in [0, 0.05) is 5.56 Å². The number of aromatic amines is 1. The number of H-pyrrole nitrogens is 1. The molecule has 0 saturated carbocycles. The van der Waals surface area contributed by atoms with E-state index in [1.165, 1.54) is 27.0 Å². The highest BCUT2D eigenvalue weighted by molar-refractivity contribution is 5.92. The van der Waals surface area contributed by atoms with Gasteiger partial charge in [-0.2, -0.15) is 0 Å². The molecule has 0 unspecified atom stereocenters. The quantitative estimate of drug-likeness (QED) is 0.723. The van der Waals surface area contributed by atoms with Gasteiger partial charge < -0.3 is 14.8 Å². The smallest absolute Gasteiger partial charge is 0.337 e. The lowest BCUT2D eigenvalue weighted by molar-refractivity contribution is 0.0596. The van der Waals surface area contributed by atoms with Crippen molar-refractivity contribution in [3.8, 4) is 11.1 Å². The molecule has 124 valence electrons.